The van der Waals surface area contributed by atoms with Crippen LogP contribution < -0.4 is 9.64 Å². The number of benzene rings is 2. The SMILES string of the molecule is Cc1cccc(N(C)C(=O)COc2nc3ccc(Cl)cc3s2)c1. The van der Waals surface area contributed by atoms with E-state index in [1.165, 1.54) is 11.3 Å². The number of carbonyl (C=O) groups excluding carboxylic acids is 1. The minimum Gasteiger partial charge on any atom is -0.460 e. The molecule has 4 nitrogen and oxygen atoms in total. The number of hydrogen-bond donors (Lipinski definition) is 0. The Kier molecular flexibility index (Phi) is 4.50. The summed E-state index contributed by atoms with van der Waals surface area (Å²) in [7, 11) is 1.73. The average molecular weight is 347 g/mol. The maximum absolute atomic E-state index is 12.3. The molecule has 1 aromatic heterocycles. The molecule has 3 rings (SSSR count). The highest BCUT2D eigenvalue weighted by Gasteiger charge is 2.13. The third kappa shape index (κ3) is 3.63. The number of ether oxygens (including phenoxy) is 1. The van der Waals surface area contributed by atoms with E-state index in [-0.39, 0.29) is 12.5 Å². The van der Waals surface area contributed by atoms with Gasteiger partial charge in [0.2, 0.25) is 0 Å². The van der Waals surface area contributed by atoms with Gasteiger partial charge in [0.15, 0.2) is 6.61 Å². The van der Waals surface area contributed by atoms with E-state index in [1.807, 2.05) is 43.3 Å². The number of carbonyl (C=O) groups is 1. The van der Waals surface area contributed by atoms with Crippen LogP contribution in [0.4, 0.5) is 5.69 Å². The van der Waals surface area contributed by atoms with Gasteiger partial charge in [-0.3, -0.25) is 4.79 Å². The van der Waals surface area contributed by atoms with Crippen LogP contribution in [0.25, 0.3) is 10.2 Å². The van der Waals surface area contributed by atoms with Crippen molar-refractivity contribution < 1.29 is 9.53 Å². The summed E-state index contributed by atoms with van der Waals surface area (Å²) in [4.78, 5) is 18.2. The quantitative estimate of drug-likeness (QED) is 0.707. The molecular formula is C17H15ClN2O2S. The third-order valence-electron chi connectivity index (χ3n) is 3.41. The van der Waals surface area contributed by atoms with Gasteiger partial charge >= 0.3 is 0 Å². The number of anilines is 1. The van der Waals surface area contributed by atoms with Gasteiger partial charge in [0.05, 0.1) is 10.2 Å². The number of aryl methyl sites for hydroxylation is 1. The summed E-state index contributed by atoms with van der Waals surface area (Å²) in [5, 5.41) is 1.12. The third-order valence-corrected chi connectivity index (χ3v) is 4.58. The molecule has 0 unspecified atom stereocenters. The molecule has 0 radical (unpaired) electrons. The standard InChI is InChI=1S/C17H15ClN2O2S/c1-11-4-3-5-13(8-11)20(2)16(21)10-22-17-19-14-7-6-12(18)9-15(14)23-17/h3-9H,10H2,1-2H3. The van der Waals surface area contributed by atoms with Gasteiger partial charge in [-0.15, -0.1) is 0 Å². The van der Waals surface area contributed by atoms with Crippen molar-refractivity contribution in [2.45, 2.75) is 6.92 Å². The van der Waals surface area contributed by atoms with E-state index in [2.05, 4.69) is 4.98 Å². The number of thiazole rings is 1. The second-order valence-corrected chi connectivity index (χ2v) is 6.60. The van der Waals surface area contributed by atoms with Crippen molar-refractivity contribution in [2.75, 3.05) is 18.6 Å². The predicted molar refractivity (Wildman–Crippen MR) is 94.7 cm³/mol. The first-order chi connectivity index (χ1) is 11.0. The van der Waals surface area contributed by atoms with E-state index in [0.717, 1.165) is 21.5 Å². The van der Waals surface area contributed by atoms with Crippen molar-refractivity contribution in [3.63, 3.8) is 0 Å². The van der Waals surface area contributed by atoms with Crippen molar-refractivity contribution in [2.24, 2.45) is 0 Å². The van der Waals surface area contributed by atoms with Gasteiger partial charge in [0.25, 0.3) is 11.1 Å². The summed E-state index contributed by atoms with van der Waals surface area (Å²) in [5.74, 6) is -0.132. The molecule has 0 saturated carbocycles. The van der Waals surface area contributed by atoms with Crippen LogP contribution in [0.15, 0.2) is 42.5 Å². The Balaban J connectivity index is 1.67. The molecule has 118 valence electrons. The van der Waals surface area contributed by atoms with E-state index < -0.39 is 0 Å². The number of hydrogen-bond acceptors (Lipinski definition) is 4. The maximum atomic E-state index is 12.3. The normalized spacial score (nSPS) is 10.7. The largest absolute Gasteiger partial charge is 0.460 e. The van der Waals surface area contributed by atoms with Crippen LogP contribution in [0.1, 0.15) is 5.56 Å². The molecule has 6 heteroatoms. The molecule has 0 aliphatic carbocycles. The van der Waals surface area contributed by atoms with Crippen LogP contribution >= 0.6 is 22.9 Å². The van der Waals surface area contributed by atoms with Crippen LogP contribution in [0.3, 0.4) is 0 Å². The fourth-order valence-corrected chi connectivity index (χ4v) is 3.23. The number of likely N-dealkylation sites (N-methyl/N-ethyl adjacent to an activating group) is 1. The lowest BCUT2D eigenvalue weighted by Gasteiger charge is -2.17. The Morgan fingerprint density at radius 2 is 2.13 bits per heavy atom. The van der Waals surface area contributed by atoms with Crippen LogP contribution in [0.2, 0.25) is 5.02 Å². The second kappa shape index (κ2) is 6.56. The van der Waals surface area contributed by atoms with Crippen LogP contribution in [0.5, 0.6) is 5.19 Å². The number of fused-ring (bicyclic) bond motifs is 1. The molecule has 3 aromatic rings. The number of amides is 1. The molecule has 0 N–H and O–H groups in total. The summed E-state index contributed by atoms with van der Waals surface area (Å²) >= 11 is 7.33. The van der Waals surface area contributed by atoms with Gasteiger partial charge in [-0.25, -0.2) is 4.98 Å². The highest BCUT2D eigenvalue weighted by Crippen LogP contribution is 2.29. The molecule has 0 aliphatic rings. The van der Waals surface area contributed by atoms with Gasteiger partial charge in [-0.05, 0) is 42.8 Å². The van der Waals surface area contributed by atoms with E-state index in [0.29, 0.717) is 10.2 Å². The van der Waals surface area contributed by atoms with E-state index in [9.17, 15) is 4.79 Å². The van der Waals surface area contributed by atoms with Crippen molar-refractivity contribution in [3.8, 4) is 5.19 Å². The Bertz CT molecular complexity index is 863. The smallest absolute Gasteiger partial charge is 0.274 e. The first-order valence-corrected chi connectivity index (χ1v) is 8.24. The Hall–Kier alpha value is -2.11. The number of aromatic nitrogens is 1. The van der Waals surface area contributed by atoms with Gasteiger partial charge in [-0.1, -0.05) is 35.1 Å². The summed E-state index contributed by atoms with van der Waals surface area (Å²) in [6, 6.07) is 13.2. The van der Waals surface area contributed by atoms with Crippen molar-refractivity contribution >= 4 is 44.7 Å². The van der Waals surface area contributed by atoms with Crippen molar-refractivity contribution in [3.05, 3.63) is 53.1 Å². The maximum Gasteiger partial charge on any atom is 0.274 e. The van der Waals surface area contributed by atoms with Gasteiger partial charge < -0.3 is 9.64 Å². The zero-order valence-corrected chi connectivity index (χ0v) is 14.3. The number of nitrogens with zero attached hydrogens (tertiary/aromatic N) is 2. The molecule has 0 fully saturated rings. The molecule has 23 heavy (non-hydrogen) atoms. The zero-order valence-electron chi connectivity index (χ0n) is 12.7. The van der Waals surface area contributed by atoms with Crippen LogP contribution in [-0.2, 0) is 4.79 Å². The van der Waals surface area contributed by atoms with Gasteiger partial charge in [0, 0.05) is 17.8 Å². The monoisotopic (exact) mass is 346 g/mol. The average Bonchev–Trinajstić information content (AvgIpc) is 2.93. The highest BCUT2D eigenvalue weighted by atomic mass is 35.5. The Morgan fingerprint density at radius 3 is 2.91 bits per heavy atom. The lowest BCUT2D eigenvalue weighted by Crippen LogP contribution is -2.31. The van der Waals surface area contributed by atoms with Crippen molar-refractivity contribution in [1.82, 2.24) is 4.98 Å². The number of halogens is 1. The highest BCUT2D eigenvalue weighted by molar-refractivity contribution is 7.20. The topological polar surface area (TPSA) is 42.4 Å². The van der Waals surface area contributed by atoms with E-state index >= 15 is 0 Å². The summed E-state index contributed by atoms with van der Waals surface area (Å²) in [6.45, 7) is 1.93. The molecule has 0 saturated heterocycles. The van der Waals surface area contributed by atoms with Crippen LogP contribution in [0, 0.1) is 6.92 Å². The fourth-order valence-electron chi connectivity index (χ4n) is 2.14. The first kappa shape index (κ1) is 15.8. The zero-order chi connectivity index (χ0) is 16.4. The summed E-state index contributed by atoms with van der Waals surface area (Å²) in [6.07, 6.45) is 0. The molecule has 0 aliphatic heterocycles. The van der Waals surface area contributed by atoms with Crippen LogP contribution in [-0.4, -0.2) is 24.5 Å². The molecule has 2 aromatic carbocycles. The fraction of sp³-hybridized carbons (Fsp3) is 0.176. The summed E-state index contributed by atoms with van der Waals surface area (Å²) in [5.41, 5.74) is 2.76. The molecule has 0 spiro atoms. The lowest BCUT2D eigenvalue weighted by molar-refractivity contribution is -0.120. The minimum atomic E-state index is -0.132. The Labute approximate surface area is 143 Å². The van der Waals surface area contributed by atoms with Gasteiger partial charge in [0.1, 0.15) is 0 Å². The molecule has 1 amide bonds. The molecule has 0 atom stereocenters. The molecule has 1 heterocycles. The van der Waals surface area contributed by atoms with E-state index in [1.54, 1.807) is 18.0 Å². The first-order valence-electron chi connectivity index (χ1n) is 7.05. The Morgan fingerprint density at radius 1 is 1.30 bits per heavy atom. The summed E-state index contributed by atoms with van der Waals surface area (Å²) < 4.78 is 6.48. The van der Waals surface area contributed by atoms with Gasteiger partial charge in [-0.2, -0.15) is 0 Å². The lowest BCUT2D eigenvalue weighted by atomic mass is 10.2. The predicted octanol–water partition coefficient (Wildman–Crippen LogP) is 4.30. The minimum absolute atomic E-state index is 0.0575. The number of rotatable bonds is 4. The van der Waals surface area contributed by atoms with E-state index in [4.69, 9.17) is 16.3 Å². The second-order valence-electron chi connectivity index (χ2n) is 5.17. The van der Waals surface area contributed by atoms with Crippen molar-refractivity contribution in [1.29, 1.82) is 0 Å². The molecule has 0 bridgehead atoms. The molecular weight excluding hydrogens is 332 g/mol.